The first-order valence-electron chi connectivity index (χ1n) is 7.75. The van der Waals surface area contributed by atoms with Gasteiger partial charge in [-0.15, -0.1) is 0 Å². The zero-order chi connectivity index (χ0) is 17.7. The van der Waals surface area contributed by atoms with E-state index in [0.717, 1.165) is 16.3 Å². The molecule has 132 valence electrons. The maximum Gasteiger partial charge on any atom is 1.00 e. The van der Waals surface area contributed by atoms with E-state index in [1.807, 2.05) is 30.3 Å². The van der Waals surface area contributed by atoms with E-state index in [2.05, 4.69) is 0 Å². The summed E-state index contributed by atoms with van der Waals surface area (Å²) >= 11 is 0. The van der Waals surface area contributed by atoms with Crippen molar-refractivity contribution >= 4 is 13.7 Å². The van der Waals surface area contributed by atoms with Crippen LogP contribution in [0.1, 0.15) is 32.4 Å². The van der Waals surface area contributed by atoms with E-state index in [-0.39, 0.29) is 32.1 Å². The summed E-state index contributed by atoms with van der Waals surface area (Å²) in [6.45, 7) is 5.21. The van der Waals surface area contributed by atoms with Crippen molar-refractivity contribution in [3.8, 4) is 0 Å². The van der Waals surface area contributed by atoms with Crippen molar-refractivity contribution in [3.05, 3.63) is 47.6 Å². The fourth-order valence-electron chi connectivity index (χ4n) is 2.51. The fourth-order valence-corrected chi connectivity index (χ4v) is 3.85. The van der Waals surface area contributed by atoms with Crippen LogP contribution in [0.3, 0.4) is 0 Å². The number of nitrogens with zero attached hydrogens (tertiary/aromatic N) is 1. The van der Waals surface area contributed by atoms with Gasteiger partial charge in [0.1, 0.15) is 6.10 Å². The summed E-state index contributed by atoms with van der Waals surface area (Å²) < 4.78 is 27.9. The van der Waals surface area contributed by atoms with Crippen LogP contribution in [0.5, 0.6) is 0 Å². The second kappa shape index (κ2) is 9.47. The van der Waals surface area contributed by atoms with Crippen LogP contribution in [0.25, 0.3) is 0 Å². The number of cyclic esters (lactones) is 1. The SMILES string of the molecule is CCOP(=O)(C=C([O-])N1C(=O)O[C@@H](c2ccccc2)[C@H]1C)OCC.[Li+]. The fraction of sp³-hybridized carbons (Fsp3) is 0.438. The third kappa shape index (κ3) is 5.13. The van der Waals surface area contributed by atoms with Gasteiger partial charge in [0, 0.05) is 5.82 Å². The minimum atomic E-state index is -3.70. The van der Waals surface area contributed by atoms with Crippen molar-refractivity contribution in [2.24, 2.45) is 0 Å². The molecule has 0 aromatic heterocycles. The molecule has 1 heterocycles. The molecule has 1 fully saturated rings. The Hall–Kier alpha value is -1.22. The van der Waals surface area contributed by atoms with Crippen LogP contribution in [0.2, 0.25) is 0 Å². The van der Waals surface area contributed by atoms with Crippen LogP contribution in [-0.4, -0.2) is 30.2 Å². The van der Waals surface area contributed by atoms with Crippen LogP contribution >= 0.6 is 7.60 Å². The Bertz CT molecular complexity index is 643. The average Bonchev–Trinajstić information content (AvgIpc) is 2.83. The van der Waals surface area contributed by atoms with E-state index in [4.69, 9.17) is 13.8 Å². The zero-order valence-corrected chi connectivity index (χ0v) is 15.8. The van der Waals surface area contributed by atoms with E-state index < -0.39 is 31.7 Å². The number of benzene rings is 1. The predicted octanol–water partition coefficient (Wildman–Crippen LogP) is -0.00230. The Balaban J connectivity index is 0.00000312. The molecule has 0 aliphatic carbocycles. The van der Waals surface area contributed by atoms with Crippen molar-refractivity contribution in [3.63, 3.8) is 0 Å². The molecule has 2 atom stereocenters. The molecule has 0 spiro atoms. The number of carbonyl (C=O) groups is 1. The van der Waals surface area contributed by atoms with Gasteiger partial charge in [0.25, 0.3) is 0 Å². The molecule has 0 radical (unpaired) electrons. The topological polar surface area (TPSA) is 88.1 Å². The van der Waals surface area contributed by atoms with Gasteiger partial charge in [-0.05, 0) is 32.2 Å². The van der Waals surface area contributed by atoms with Gasteiger partial charge in [-0.2, -0.15) is 0 Å². The van der Waals surface area contributed by atoms with Gasteiger partial charge >= 0.3 is 32.5 Å². The molecular weight excluding hydrogens is 340 g/mol. The van der Waals surface area contributed by atoms with Crippen molar-refractivity contribution in [1.82, 2.24) is 4.90 Å². The molecular formula is C16H21LiNO6P. The second-order valence-electron chi connectivity index (χ2n) is 5.17. The number of carbonyl (C=O) groups excluding carboxylic acids is 1. The van der Waals surface area contributed by atoms with Crippen molar-refractivity contribution in [2.45, 2.75) is 32.9 Å². The summed E-state index contributed by atoms with van der Waals surface area (Å²) in [6, 6.07) is 8.59. The maximum atomic E-state index is 12.4. The second-order valence-corrected chi connectivity index (χ2v) is 7.02. The molecule has 1 amide bonds. The van der Waals surface area contributed by atoms with Crippen LogP contribution in [0, 0.1) is 0 Å². The van der Waals surface area contributed by atoms with E-state index >= 15 is 0 Å². The minimum absolute atomic E-state index is 0. The molecule has 1 aliphatic heterocycles. The Morgan fingerprint density at radius 1 is 1.28 bits per heavy atom. The van der Waals surface area contributed by atoms with Gasteiger partial charge in [0.15, 0.2) is 0 Å². The molecule has 0 N–H and O–H groups in total. The van der Waals surface area contributed by atoms with Crippen LogP contribution in [-0.2, 0) is 18.3 Å². The van der Waals surface area contributed by atoms with Crippen molar-refractivity contribution in [1.29, 1.82) is 0 Å². The quantitative estimate of drug-likeness (QED) is 0.386. The molecule has 1 saturated heterocycles. The first kappa shape index (κ1) is 21.8. The number of ether oxygens (including phenoxy) is 1. The third-order valence-electron chi connectivity index (χ3n) is 3.52. The Kier molecular flexibility index (Phi) is 8.26. The Morgan fingerprint density at radius 3 is 2.36 bits per heavy atom. The van der Waals surface area contributed by atoms with Gasteiger partial charge in [-0.25, -0.2) is 4.79 Å². The first-order valence-corrected chi connectivity index (χ1v) is 9.36. The summed E-state index contributed by atoms with van der Waals surface area (Å²) in [4.78, 5) is 13.0. The molecule has 1 aromatic carbocycles. The minimum Gasteiger partial charge on any atom is -0.860 e. The van der Waals surface area contributed by atoms with Crippen molar-refractivity contribution in [2.75, 3.05) is 13.2 Å². The average molecular weight is 361 g/mol. The molecule has 1 aromatic rings. The summed E-state index contributed by atoms with van der Waals surface area (Å²) in [6.07, 6.45) is -1.35. The van der Waals surface area contributed by atoms with E-state index in [9.17, 15) is 14.5 Å². The third-order valence-corrected chi connectivity index (χ3v) is 5.30. The molecule has 1 aliphatic rings. The van der Waals surface area contributed by atoms with Crippen LogP contribution in [0.4, 0.5) is 4.79 Å². The van der Waals surface area contributed by atoms with E-state index in [0.29, 0.717) is 0 Å². The summed E-state index contributed by atoms with van der Waals surface area (Å²) in [5, 5.41) is 12.4. The standard InChI is InChI=1S/C16H22NO6P.Li/c1-4-21-24(20,22-5-2)11-14(18)17-12(3)15(23-16(17)19)13-9-7-6-8-10-13;/h6-12,15,18H,4-5H2,1-3H3;/q;+1/p-1/t12-,15-;/m1./s1. The number of hydrogen-bond donors (Lipinski definition) is 0. The normalized spacial score (nSPS) is 21.0. The number of amides is 1. The zero-order valence-electron chi connectivity index (χ0n) is 14.9. The van der Waals surface area contributed by atoms with Gasteiger partial charge in [0.05, 0.1) is 19.3 Å². The molecule has 9 heteroatoms. The molecule has 2 rings (SSSR count). The van der Waals surface area contributed by atoms with Gasteiger partial charge < -0.3 is 18.9 Å². The van der Waals surface area contributed by atoms with Gasteiger partial charge in [-0.3, -0.25) is 9.46 Å². The van der Waals surface area contributed by atoms with Crippen LogP contribution < -0.4 is 24.0 Å². The number of hydrogen-bond acceptors (Lipinski definition) is 6. The molecule has 0 bridgehead atoms. The van der Waals surface area contributed by atoms with Crippen LogP contribution in [0.15, 0.2) is 42.0 Å². The van der Waals surface area contributed by atoms with E-state index in [1.165, 1.54) is 0 Å². The maximum absolute atomic E-state index is 12.4. The van der Waals surface area contributed by atoms with Gasteiger partial charge in [-0.1, -0.05) is 30.3 Å². The monoisotopic (exact) mass is 361 g/mol. The Morgan fingerprint density at radius 2 is 1.84 bits per heavy atom. The summed E-state index contributed by atoms with van der Waals surface area (Å²) in [5.74, 6) is 0.0849. The molecule has 25 heavy (non-hydrogen) atoms. The van der Waals surface area contributed by atoms with E-state index in [1.54, 1.807) is 20.8 Å². The largest absolute Gasteiger partial charge is 1.00 e. The smallest absolute Gasteiger partial charge is 0.860 e. The van der Waals surface area contributed by atoms with Crippen molar-refractivity contribution < 1.29 is 47.1 Å². The molecule has 0 saturated carbocycles. The molecule has 0 unspecified atom stereocenters. The van der Waals surface area contributed by atoms with Gasteiger partial charge in [0.2, 0.25) is 0 Å². The predicted molar refractivity (Wildman–Crippen MR) is 85.9 cm³/mol. The molecule has 7 nitrogen and oxygen atoms in total. The summed E-state index contributed by atoms with van der Waals surface area (Å²) in [5.41, 5.74) is 0.784. The Labute approximate surface area is 159 Å². The summed E-state index contributed by atoms with van der Waals surface area (Å²) in [7, 11) is -3.70. The number of rotatable bonds is 7. The first-order chi connectivity index (χ1) is 11.4.